The Morgan fingerprint density at radius 1 is 1.38 bits per heavy atom. The largest absolute Gasteiger partial charge is 0.253 e. The predicted octanol–water partition coefficient (Wildman–Crippen LogP) is 1.75. The molecule has 21 heavy (non-hydrogen) atoms. The number of piperidine rings is 1. The number of nitrogens with zero attached hydrogens (tertiary/aromatic N) is 4. The van der Waals surface area contributed by atoms with Gasteiger partial charge in [0, 0.05) is 19.6 Å². The summed E-state index contributed by atoms with van der Waals surface area (Å²) < 4.78 is 28.9. The lowest BCUT2D eigenvalue weighted by Gasteiger charge is -2.30. The molecular formula is C13H18N4O2S2. The van der Waals surface area contributed by atoms with Crippen molar-refractivity contribution >= 4 is 21.4 Å². The van der Waals surface area contributed by atoms with Crippen molar-refractivity contribution in [3.8, 4) is 0 Å². The Morgan fingerprint density at radius 2 is 2.14 bits per heavy atom. The highest BCUT2D eigenvalue weighted by Gasteiger charge is 2.30. The Hall–Kier alpha value is -1.25. The number of rotatable bonds is 4. The molecule has 2 aromatic heterocycles. The lowest BCUT2D eigenvalue weighted by molar-refractivity contribution is 0.247. The van der Waals surface area contributed by atoms with E-state index in [9.17, 15) is 8.42 Å². The second-order valence-electron chi connectivity index (χ2n) is 5.41. The summed E-state index contributed by atoms with van der Waals surface area (Å²) in [6.45, 7) is 3.89. The Balaban J connectivity index is 1.63. The summed E-state index contributed by atoms with van der Waals surface area (Å²) in [4.78, 5) is 3.93. The molecule has 1 saturated heterocycles. The van der Waals surface area contributed by atoms with Crippen molar-refractivity contribution in [1.82, 2.24) is 19.1 Å². The van der Waals surface area contributed by atoms with Crippen molar-refractivity contribution in [2.45, 2.75) is 30.5 Å². The lowest BCUT2D eigenvalue weighted by Crippen LogP contribution is -2.39. The Labute approximate surface area is 128 Å². The Morgan fingerprint density at radius 3 is 2.71 bits per heavy atom. The molecule has 0 aromatic carbocycles. The van der Waals surface area contributed by atoms with Gasteiger partial charge in [-0.15, -0.1) is 11.3 Å². The quantitative estimate of drug-likeness (QED) is 0.858. The highest BCUT2D eigenvalue weighted by molar-refractivity contribution is 7.91. The second-order valence-corrected chi connectivity index (χ2v) is 8.48. The van der Waals surface area contributed by atoms with Gasteiger partial charge in [0.1, 0.15) is 16.9 Å². The standard InChI is InChI=1S/C13H18N4O2S2/c1-11-6-13(20-8-11)21(18,19)17-4-2-12(3-5-17)7-16-10-14-9-15-16/h6,8-10,12H,2-5,7H2,1H3. The van der Waals surface area contributed by atoms with Gasteiger partial charge in [-0.05, 0) is 42.7 Å². The van der Waals surface area contributed by atoms with E-state index in [1.54, 1.807) is 16.7 Å². The molecule has 1 fully saturated rings. The Bertz CT molecular complexity index is 686. The first kappa shape index (κ1) is 14.7. The summed E-state index contributed by atoms with van der Waals surface area (Å²) in [6.07, 6.45) is 4.96. The van der Waals surface area contributed by atoms with Gasteiger partial charge in [-0.1, -0.05) is 0 Å². The van der Waals surface area contributed by atoms with Crippen molar-refractivity contribution in [3.63, 3.8) is 0 Å². The van der Waals surface area contributed by atoms with Gasteiger partial charge in [-0.3, -0.25) is 4.68 Å². The van der Waals surface area contributed by atoms with E-state index in [0.717, 1.165) is 24.9 Å². The van der Waals surface area contributed by atoms with Gasteiger partial charge in [-0.25, -0.2) is 13.4 Å². The molecule has 0 spiro atoms. The monoisotopic (exact) mass is 326 g/mol. The molecule has 114 valence electrons. The summed E-state index contributed by atoms with van der Waals surface area (Å²) in [5.74, 6) is 0.461. The van der Waals surface area contributed by atoms with E-state index < -0.39 is 10.0 Å². The molecular weight excluding hydrogens is 308 g/mol. The van der Waals surface area contributed by atoms with Crippen LogP contribution in [0.25, 0.3) is 0 Å². The number of thiophene rings is 1. The van der Waals surface area contributed by atoms with Crippen LogP contribution >= 0.6 is 11.3 Å². The molecule has 0 N–H and O–H groups in total. The second kappa shape index (κ2) is 5.86. The number of sulfonamides is 1. The third-order valence-corrected chi connectivity index (χ3v) is 7.22. The van der Waals surface area contributed by atoms with Crippen LogP contribution in [0, 0.1) is 12.8 Å². The van der Waals surface area contributed by atoms with Crippen LogP contribution in [0.15, 0.2) is 28.3 Å². The number of hydrogen-bond donors (Lipinski definition) is 0. The van der Waals surface area contributed by atoms with Crippen LogP contribution in [0.2, 0.25) is 0 Å². The summed E-state index contributed by atoms with van der Waals surface area (Å²) in [6, 6.07) is 1.75. The van der Waals surface area contributed by atoms with Crippen LogP contribution in [0.4, 0.5) is 0 Å². The normalized spacial score (nSPS) is 18.1. The van der Waals surface area contributed by atoms with Crippen LogP contribution in [0.5, 0.6) is 0 Å². The minimum atomic E-state index is -3.31. The molecule has 0 saturated carbocycles. The topological polar surface area (TPSA) is 68.1 Å². The maximum Gasteiger partial charge on any atom is 0.252 e. The highest BCUT2D eigenvalue weighted by Crippen LogP contribution is 2.28. The third kappa shape index (κ3) is 3.17. The lowest BCUT2D eigenvalue weighted by atomic mass is 9.98. The van der Waals surface area contributed by atoms with Crippen molar-refractivity contribution in [3.05, 3.63) is 29.7 Å². The molecule has 0 unspecified atom stereocenters. The van der Waals surface area contributed by atoms with Gasteiger partial charge in [0.15, 0.2) is 0 Å². The van der Waals surface area contributed by atoms with Gasteiger partial charge in [-0.2, -0.15) is 9.40 Å². The molecule has 3 heterocycles. The van der Waals surface area contributed by atoms with Crippen molar-refractivity contribution in [2.75, 3.05) is 13.1 Å². The SMILES string of the molecule is Cc1csc(S(=O)(=O)N2CCC(Cn3cncn3)CC2)c1. The molecule has 0 amide bonds. The van der Waals surface area contributed by atoms with Crippen LogP contribution in [0.3, 0.4) is 0 Å². The van der Waals surface area contributed by atoms with E-state index in [1.807, 2.05) is 17.0 Å². The van der Waals surface area contributed by atoms with Crippen LogP contribution in [-0.4, -0.2) is 40.6 Å². The average Bonchev–Trinajstić information content (AvgIpc) is 3.11. The fourth-order valence-electron chi connectivity index (χ4n) is 2.59. The summed E-state index contributed by atoms with van der Waals surface area (Å²) >= 11 is 1.30. The van der Waals surface area contributed by atoms with Crippen molar-refractivity contribution in [1.29, 1.82) is 0 Å². The molecule has 0 atom stereocenters. The zero-order valence-corrected chi connectivity index (χ0v) is 13.5. The molecule has 6 nitrogen and oxygen atoms in total. The summed E-state index contributed by atoms with van der Waals surface area (Å²) in [5.41, 5.74) is 1.000. The zero-order chi connectivity index (χ0) is 14.9. The minimum absolute atomic E-state index is 0.453. The average molecular weight is 326 g/mol. The first-order chi connectivity index (χ1) is 10.1. The van der Waals surface area contributed by atoms with E-state index >= 15 is 0 Å². The van der Waals surface area contributed by atoms with Gasteiger partial charge >= 0.3 is 0 Å². The Kier molecular flexibility index (Phi) is 4.10. The number of hydrogen-bond acceptors (Lipinski definition) is 5. The van der Waals surface area contributed by atoms with E-state index in [0.29, 0.717) is 23.2 Å². The summed E-state index contributed by atoms with van der Waals surface area (Å²) in [5, 5.41) is 5.98. The maximum atomic E-state index is 12.5. The highest BCUT2D eigenvalue weighted by atomic mass is 32.2. The van der Waals surface area contributed by atoms with Crippen molar-refractivity contribution in [2.24, 2.45) is 5.92 Å². The van der Waals surface area contributed by atoms with Gasteiger partial charge in [0.25, 0.3) is 10.0 Å². The molecule has 1 aliphatic rings. The van der Waals surface area contributed by atoms with Crippen LogP contribution in [0.1, 0.15) is 18.4 Å². The van der Waals surface area contributed by atoms with E-state index in [2.05, 4.69) is 10.1 Å². The maximum absolute atomic E-state index is 12.5. The molecule has 3 rings (SSSR count). The fourth-order valence-corrected chi connectivity index (χ4v) is 5.44. The molecule has 0 bridgehead atoms. The van der Waals surface area contributed by atoms with Crippen LogP contribution in [-0.2, 0) is 16.6 Å². The molecule has 2 aromatic rings. The number of aryl methyl sites for hydroxylation is 1. The zero-order valence-electron chi connectivity index (χ0n) is 11.8. The third-order valence-electron chi connectivity index (χ3n) is 3.79. The van der Waals surface area contributed by atoms with Gasteiger partial charge in [0.05, 0.1) is 0 Å². The van der Waals surface area contributed by atoms with E-state index in [1.165, 1.54) is 17.7 Å². The fraction of sp³-hybridized carbons (Fsp3) is 0.538. The predicted molar refractivity (Wildman–Crippen MR) is 80.6 cm³/mol. The smallest absolute Gasteiger partial charge is 0.252 e. The van der Waals surface area contributed by atoms with Crippen molar-refractivity contribution < 1.29 is 8.42 Å². The first-order valence-corrected chi connectivity index (χ1v) is 9.25. The summed E-state index contributed by atoms with van der Waals surface area (Å²) in [7, 11) is -3.31. The number of aromatic nitrogens is 3. The van der Waals surface area contributed by atoms with Gasteiger partial charge in [0.2, 0.25) is 0 Å². The first-order valence-electron chi connectivity index (χ1n) is 6.93. The van der Waals surface area contributed by atoms with E-state index in [-0.39, 0.29) is 0 Å². The molecule has 0 radical (unpaired) electrons. The molecule has 8 heteroatoms. The van der Waals surface area contributed by atoms with Crippen LogP contribution < -0.4 is 0 Å². The van der Waals surface area contributed by atoms with Gasteiger partial charge < -0.3 is 0 Å². The molecule has 1 aliphatic heterocycles. The minimum Gasteiger partial charge on any atom is -0.253 e. The molecule has 0 aliphatic carbocycles. The van der Waals surface area contributed by atoms with E-state index in [4.69, 9.17) is 0 Å².